The van der Waals surface area contributed by atoms with Gasteiger partial charge in [0.2, 0.25) is 0 Å². The van der Waals surface area contributed by atoms with Crippen molar-refractivity contribution >= 4 is 44.6 Å². The molecule has 37 heavy (non-hydrogen) atoms. The number of hydrogen-bond acceptors (Lipinski definition) is 5. The number of fused-ring (bicyclic) bond motifs is 1. The fraction of sp³-hybridized carbons (Fsp3) is 0.241. The molecule has 4 aromatic rings. The molecule has 1 aliphatic rings. The normalized spacial score (nSPS) is 14.2. The summed E-state index contributed by atoms with van der Waals surface area (Å²) in [6.45, 7) is 0.231. The van der Waals surface area contributed by atoms with Gasteiger partial charge in [-0.2, -0.15) is 15.0 Å². The van der Waals surface area contributed by atoms with Crippen LogP contribution in [0.3, 0.4) is 0 Å². The maximum atomic E-state index is 13.5. The van der Waals surface area contributed by atoms with Crippen molar-refractivity contribution < 1.29 is 4.74 Å². The van der Waals surface area contributed by atoms with Crippen molar-refractivity contribution in [3.63, 3.8) is 0 Å². The maximum Gasteiger partial charge on any atom is 0.282 e. The van der Waals surface area contributed by atoms with Crippen LogP contribution in [0.4, 0.5) is 0 Å². The summed E-state index contributed by atoms with van der Waals surface area (Å²) in [5.41, 5.74) is 2.58. The van der Waals surface area contributed by atoms with Crippen LogP contribution in [-0.2, 0) is 6.61 Å². The van der Waals surface area contributed by atoms with Crippen molar-refractivity contribution in [2.45, 2.75) is 44.6 Å². The second-order valence-corrected chi connectivity index (χ2v) is 10.4. The van der Waals surface area contributed by atoms with E-state index in [1.54, 1.807) is 30.5 Å². The third-order valence-electron chi connectivity index (χ3n) is 6.60. The lowest BCUT2D eigenvalue weighted by Crippen LogP contribution is -2.25. The fourth-order valence-corrected chi connectivity index (χ4v) is 5.26. The predicted molar refractivity (Wildman–Crippen MR) is 149 cm³/mol. The number of rotatable bonds is 6. The number of ether oxygens (including phenoxy) is 1. The standard InChI is InChI=1S/C29H24BrClN4O2/c30-23-11-12-26-24(15-23)29(36)35(28(34-26)20-6-2-1-3-7-20)33-17-19-10-13-27(25(31)14-19)37-18-22-9-5-4-8-21(22)16-32/h4-5,8-15,17,20H,1-3,6-7,18H2. The Labute approximate surface area is 228 Å². The summed E-state index contributed by atoms with van der Waals surface area (Å²) in [6, 6.07) is 20.4. The van der Waals surface area contributed by atoms with E-state index in [-0.39, 0.29) is 18.1 Å². The van der Waals surface area contributed by atoms with E-state index in [9.17, 15) is 10.1 Å². The molecule has 186 valence electrons. The van der Waals surface area contributed by atoms with Gasteiger partial charge in [0.25, 0.3) is 5.56 Å². The number of aromatic nitrogens is 2. The zero-order chi connectivity index (χ0) is 25.8. The highest BCUT2D eigenvalue weighted by Crippen LogP contribution is 2.32. The van der Waals surface area contributed by atoms with Gasteiger partial charge in [-0.25, -0.2) is 4.98 Å². The molecule has 0 radical (unpaired) electrons. The van der Waals surface area contributed by atoms with Gasteiger partial charge in [0.05, 0.1) is 33.8 Å². The molecule has 5 rings (SSSR count). The molecule has 1 heterocycles. The average molecular weight is 576 g/mol. The van der Waals surface area contributed by atoms with Crippen LogP contribution >= 0.6 is 27.5 Å². The van der Waals surface area contributed by atoms with Crippen LogP contribution in [0.2, 0.25) is 5.02 Å². The second kappa shape index (κ2) is 11.3. The van der Waals surface area contributed by atoms with Gasteiger partial charge in [-0.05, 0) is 60.9 Å². The molecule has 0 saturated heterocycles. The molecule has 1 aliphatic carbocycles. The fourth-order valence-electron chi connectivity index (χ4n) is 4.65. The molecule has 1 saturated carbocycles. The zero-order valence-corrected chi connectivity index (χ0v) is 22.4. The lowest BCUT2D eigenvalue weighted by atomic mass is 9.88. The molecule has 6 nitrogen and oxygen atoms in total. The molecular formula is C29H24BrClN4O2. The highest BCUT2D eigenvalue weighted by Gasteiger charge is 2.22. The van der Waals surface area contributed by atoms with Gasteiger partial charge in [0.1, 0.15) is 18.2 Å². The van der Waals surface area contributed by atoms with Gasteiger partial charge >= 0.3 is 0 Å². The summed E-state index contributed by atoms with van der Waals surface area (Å²) in [5, 5.41) is 14.8. The minimum Gasteiger partial charge on any atom is -0.487 e. The van der Waals surface area contributed by atoms with Crippen LogP contribution in [0.5, 0.6) is 5.75 Å². The smallest absolute Gasteiger partial charge is 0.282 e. The molecule has 0 aliphatic heterocycles. The van der Waals surface area contributed by atoms with E-state index < -0.39 is 0 Å². The first-order valence-electron chi connectivity index (χ1n) is 12.2. The Balaban J connectivity index is 1.44. The van der Waals surface area contributed by atoms with E-state index >= 15 is 0 Å². The molecule has 0 spiro atoms. The van der Waals surface area contributed by atoms with Gasteiger partial charge in [-0.15, -0.1) is 0 Å². The first kappa shape index (κ1) is 25.2. The second-order valence-electron chi connectivity index (χ2n) is 9.08. The van der Waals surface area contributed by atoms with Crippen molar-refractivity contribution in [1.29, 1.82) is 5.26 Å². The molecule has 3 aromatic carbocycles. The van der Waals surface area contributed by atoms with Crippen molar-refractivity contribution in [2.75, 3.05) is 0 Å². The first-order chi connectivity index (χ1) is 18.0. The topological polar surface area (TPSA) is 80.3 Å². The maximum absolute atomic E-state index is 13.5. The predicted octanol–water partition coefficient (Wildman–Crippen LogP) is 7.19. The van der Waals surface area contributed by atoms with Gasteiger partial charge in [-0.1, -0.05) is 65.0 Å². The highest BCUT2D eigenvalue weighted by atomic mass is 79.9. The quantitative estimate of drug-likeness (QED) is 0.228. The summed E-state index contributed by atoms with van der Waals surface area (Å²) in [6.07, 6.45) is 7.07. The molecule has 1 fully saturated rings. The third-order valence-corrected chi connectivity index (χ3v) is 7.39. The first-order valence-corrected chi connectivity index (χ1v) is 13.4. The zero-order valence-electron chi connectivity index (χ0n) is 20.0. The van der Waals surface area contributed by atoms with E-state index in [0.717, 1.165) is 41.3 Å². The average Bonchev–Trinajstić information content (AvgIpc) is 2.93. The summed E-state index contributed by atoms with van der Waals surface area (Å²) in [4.78, 5) is 18.3. The van der Waals surface area contributed by atoms with Crippen molar-refractivity contribution in [2.24, 2.45) is 5.10 Å². The minimum absolute atomic E-state index is 0.190. The van der Waals surface area contributed by atoms with Gasteiger partial charge < -0.3 is 4.74 Å². The Bertz CT molecular complexity index is 1590. The highest BCUT2D eigenvalue weighted by molar-refractivity contribution is 9.10. The summed E-state index contributed by atoms with van der Waals surface area (Å²) in [7, 11) is 0. The number of hydrogen-bond donors (Lipinski definition) is 0. The summed E-state index contributed by atoms with van der Waals surface area (Å²) < 4.78 is 8.13. The number of halogens is 2. The number of nitrogens with zero attached hydrogens (tertiary/aromatic N) is 4. The number of nitriles is 1. The van der Waals surface area contributed by atoms with Gasteiger partial charge in [0, 0.05) is 16.0 Å². The van der Waals surface area contributed by atoms with Crippen LogP contribution in [0, 0.1) is 11.3 Å². The minimum atomic E-state index is -0.190. The molecular weight excluding hydrogens is 552 g/mol. The van der Waals surface area contributed by atoms with Crippen LogP contribution in [0.25, 0.3) is 10.9 Å². The summed E-state index contributed by atoms with van der Waals surface area (Å²) in [5.74, 6) is 1.41. The molecule has 0 amide bonds. The van der Waals surface area contributed by atoms with E-state index in [1.807, 2.05) is 36.4 Å². The Morgan fingerprint density at radius 2 is 1.95 bits per heavy atom. The Kier molecular flexibility index (Phi) is 7.68. The lowest BCUT2D eigenvalue weighted by Gasteiger charge is -2.22. The molecule has 0 bridgehead atoms. The lowest BCUT2D eigenvalue weighted by molar-refractivity contribution is 0.306. The van der Waals surface area contributed by atoms with E-state index in [1.165, 1.54) is 11.1 Å². The SMILES string of the molecule is N#Cc1ccccc1COc1ccc(C=Nn2c(C3CCCCC3)nc3ccc(Br)cc3c2=O)cc1Cl. The molecule has 1 aromatic heterocycles. The van der Waals surface area contributed by atoms with Crippen LogP contribution < -0.4 is 10.3 Å². The summed E-state index contributed by atoms with van der Waals surface area (Å²) >= 11 is 9.95. The van der Waals surface area contributed by atoms with Crippen molar-refractivity contribution in [3.05, 3.63) is 103 Å². The van der Waals surface area contributed by atoms with Crippen molar-refractivity contribution in [1.82, 2.24) is 9.66 Å². The van der Waals surface area contributed by atoms with E-state index in [4.69, 9.17) is 21.3 Å². The van der Waals surface area contributed by atoms with Gasteiger partial charge in [0.15, 0.2) is 0 Å². The van der Waals surface area contributed by atoms with E-state index in [2.05, 4.69) is 27.1 Å². The Morgan fingerprint density at radius 3 is 2.73 bits per heavy atom. The monoisotopic (exact) mass is 574 g/mol. The van der Waals surface area contributed by atoms with Crippen LogP contribution in [0.15, 0.2) is 75.0 Å². The molecule has 0 unspecified atom stereocenters. The van der Waals surface area contributed by atoms with Crippen molar-refractivity contribution in [3.8, 4) is 11.8 Å². The Hall–Kier alpha value is -3.47. The van der Waals surface area contributed by atoms with Crippen LogP contribution in [0.1, 0.15) is 60.5 Å². The largest absolute Gasteiger partial charge is 0.487 e. The van der Waals surface area contributed by atoms with E-state index in [0.29, 0.717) is 33.1 Å². The van der Waals surface area contributed by atoms with Gasteiger partial charge in [-0.3, -0.25) is 4.79 Å². The number of benzene rings is 3. The Morgan fingerprint density at radius 1 is 1.14 bits per heavy atom. The third kappa shape index (κ3) is 5.61. The molecule has 8 heteroatoms. The van der Waals surface area contributed by atoms with Crippen LogP contribution in [-0.4, -0.2) is 15.9 Å². The molecule has 0 atom stereocenters. The molecule has 0 N–H and O–H groups in total.